The zero-order chi connectivity index (χ0) is 14.4. The molecule has 5 heteroatoms. The second kappa shape index (κ2) is 7.60. The molecule has 2 N–H and O–H groups in total. The first-order chi connectivity index (χ1) is 8.99. The molecular formula is C14H27N3O2. The highest BCUT2D eigenvalue weighted by molar-refractivity contribution is 4.98. The zero-order valence-electron chi connectivity index (χ0n) is 12.7. The Morgan fingerprint density at radius 1 is 1.26 bits per heavy atom. The molecule has 1 heterocycles. The maximum absolute atomic E-state index is 5.80. The molecule has 0 aliphatic rings. The van der Waals surface area contributed by atoms with Gasteiger partial charge in [0.25, 0.3) is 0 Å². The SMILES string of the molecule is CCOC(c1noc(C(CN)CC(C)C)n1)C(C)C. The average Bonchev–Trinajstić information content (AvgIpc) is 2.81. The van der Waals surface area contributed by atoms with Crippen LogP contribution in [-0.2, 0) is 4.74 Å². The van der Waals surface area contributed by atoms with Gasteiger partial charge in [-0.05, 0) is 25.2 Å². The monoisotopic (exact) mass is 269 g/mol. The normalized spacial score (nSPS) is 15.2. The highest BCUT2D eigenvalue weighted by Crippen LogP contribution is 2.26. The summed E-state index contributed by atoms with van der Waals surface area (Å²) in [6.07, 6.45) is 0.846. The lowest BCUT2D eigenvalue weighted by Gasteiger charge is -2.16. The first kappa shape index (κ1) is 16.1. The lowest BCUT2D eigenvalue weighted by atomic mass is 9.97. The van der Waals surface area contributed by atoms with Gasteiger partial charge in [0.15, 0.2) is 0 Å². The van der Waals surface area contributed by atoms with Crippen LogP contribution in [0.2, 0.25) is 0 Å². The summed E-state index contributed by atoms with van der Waals surface area (Å²) in [5.41, 5.74) is 5.80. The fourth-order valence-electron chi connectivity index (χ4n) is 2.14. The van der Waals surface area contributed by atoms with Crippen molar-refractivity contribution in [3.8, 4) is 0 Å². The first-order valence-corrected chi connectivity index (χ1v) is 7.14. The van der Waals surface area contributed by atoms with Crippen molar-refractivity contribution in [2.45, 2.75) is 53.1 Å². The van der Waals surface area contributed by atoms with Crippen LogP contribution in [0.4, 0.5) is 0 Å². The first-order valence-electron chi connectivity index (χ1n) is 7.14. The molecule has 0 fully saturated rings. The molecule has 0 spiro atoms. The van der Waals surface area contributed by atoms with E-state index in [4.69, 9.17) is 15.0 Å². The zero-order valence-corrected chi connectivity index (χ0v) is 12.7. The van der Waals surface area contributed by atoms with Crippen LogP contribution in [0.5, 0.6) is 0 Å². The topological polar surface area (TPSA) is 74.2 Å². The van der Waals surface area contributed by atoms with E-state index >= 15 is 0 Å². The van der Waals surface area contributed by atoms with E-state index in [2.05, 4.69) is 37.8 Å². The third-order valence-electron chi connectivity index (χ3n) is 3.05. The van der Waals surface area contributed by atoms with E-state index in [0.29, 0.717) is 36.7 Å². The molecule has 1 rings (SSSR count). The molecule has 0 aliphatic carbocycles. The predicted octanol–water partition coefficient (Wildman–Crippen LogP) is 2.89. The van der Waals surface area contributed by atoms with Crippen LogP contribution in [-0.4, -0.2) is 23.3 Å². The molecule has 110 valence electrons. The summed E-state index contributed by atoms with van der Waals surface area (Å²) in [6.45, 7) is 11.6. The van der Waals surface area contributed by atoms with Crippen molar-refractivity contribution in [2.75, 3.05) is 13.2 Å². The molecule has 1 aromatic rings. The van der Waals surface area contributed by atoms with Gasteiger partial charge in [0.05, 0.1) is 5.92 Å². The Morgan fingerprint density at radius 3 is 2.42 bits per heavy atom. The molecule has 19 heavy (non-hydrogen) atoms. The lowest BCUT2D eigenvalue weighted by Crippen LogP contribution is -2.16. The van der Waals surface area contributed by atoms with Crippen molar-refractivity contribution in [3.63, 3.8) is 0 Å². The molecule has 0 amide bonds. The minimum absolute atomic E-state index is 0.111. The summed E-state index contributed by atoms with van der Waals surface area (Å²) in [5, 5.41) is 4.07. The number of nitrogens with two attached hydrogens (primary N) is 1. The van der Waals surface area contributed by atoms with Gasteiger partial charge in [-0.25, -0.2) is 0 Å². The Kier molecular flexibility index (Phi) is 6.45. The Balaban J connectivity index is 2.84. The summed E-state index contributed by atoms with van der Waals surface area (Å²) in [5.74, 6) is 2.27. The second-order valence-electron chi connectivity index (χ2n) is 5.67. The van der Waals surface area contributed by atoms with E-state index < -0.39 is 0 Å². The summed E-state index contributed by atoms with van der Waals surface area (Å²) in [6, 6.07) is 0. The molecule has 0 aromatic carbocycles. The molecule has 0 aliphatic heterocycles. The molecule has 0 bridgehead atoms. The number of ether oxygens (including phenoxy) is 1. The van der Waals surface area contributed by atoms with Gasteiger partial charge in [-0.1, -0.05) is 32.9 Å². The molecule has 2 atom stereocenters. The van der Waals surface area contributed by atoms with Gasteiger partial charge < -0.3 is 15.0 Å². The highest BCUT2D eigenvalue weighted by Gasteiger charge is 2.25. The van der Waals surface area contributed by atoms with Gasteiger partial charge in [-0.15, -0.1) is 0 Å². The minimum atomic E-state index is -0.111. The van der Waals surface area contributed by atoms with Crippen molar-refractivity contribution < 1.29 is 9.26 Å². The number of hydrogen-bond acceptors (Lipinski definition) is 5. The summed E-state index contributed by atoms with van der Waals surface area (Å²) < 4.78 is 11.1. The Morgan fingerprint density at radius 2 is 1.95 bits per heavy atom. The lowest BCUT2D eigenvalue weighted by molar-refractivity contribution is 0.0217. The fourth-order valence-corrected chi connectivity index (χ4v) is 2.14. The Labute approximate surface area is 115 Å². The molecule has 5 nitrogen and oxygen atoms in total. The van der Waals surface area contributed by atoms with E-state index in [-0.39, 0.29) is 12.0 Å². The van der Waals surface area contributed by atoms with Crippen molar-refractivity contribution in [1.29, 1.82) is 0 Å². The van der Waals surface area contributed by atoms with Crippen molar-refractivity contribution in [3.05, 3.63) is 11.7 Å². The predicted molar refractivity (Wildman–Crippen MR) is 74.8 cm³/mol. The Bertz CT molecular complexity index is 363. The number of aromatic nitrogens is 2. The summed E-state index contributed by atoms with van der Waals surface area (Å²) in [4.78, 5) is 4.49. The fraction of sp³-hybridized carbons (Fsp3) is 0.857. The Hall–Kier alpha value is -0.940. The molecule has 1 aromatic heterocycles. The van der Waals surface area contributed by atoms with Gasteiger partial charge in [-0.3, -0.25) is 0 Å². The van der Waals surface area contributed by atoms with Gasteiger partial charge in [0, 0.05) is 13.2 Å². The van der Waals surface area contributed by atoms with Crippen LogP contribution >= 0.6 is 0 Å². The van der Waals surface area contributed by atoms with Crippen LogP contribution < -0.4 is 5.73 Å². The maximum atomic E-state index is 5.80. The van der Waals surface area contributed by atoms with E-state index in [1.807, 2.05) is 6.92 Å². The van der Waals surface area contributed by atoms with Crippen molar-refractivity contribution in [1.82, 2.24) is 10.1 Å². The van der Waals surface area contributed by atoms with Gasteiger partial charge in [0.1, 0.15) is 6.10 Å². The average molecular weight is 269 g/mol. The van der Waals surface area contributed by atoms with Crippen LogP contribution in [0.15, 0.2) is 4.52 Å². The smallest absolute Gasteiger partial charge is 0.231 e. The van der Waals surface area contributed by atoms with E-state index in [1.165, 1.54) is 0 Å². The van der Waals surface area contributed by atoms with Crippen LogP contribution in [0.3, 0.4) is 0 Å². The molecule has 0 saturated carbocycles. The van der Waals surface area contributed by atoms with E-state index in [9.17, 15) is 0 Å². The van der Waals surface area contributed by atoms with Crippen molar-refractivity contribution in [2.24, 2.45) is 17.6 Å². The maximum Gasteiger partial charge on any atom is 0.231 e. The molecule has 2 unspecified atom stereocenters. The number of nitrogens with zero attached hydrogens (tertiary/aromatic N) is 2. The number of rotatable bonds is 8. The van der Waals surface area contributed by atoms with E-state index in [0.717, 1.165) is 6.42 Å². The molecular weight excluding hydrogens is 242 g/mol. The third kappa shape index (κ3) is 4.58. The largest absolute Gasteiger partial charge is 0.370 e. The van der Waals surface area contributed by atoms with Crippen molar-refractivity contribution >= 4 is 0 Å². The van der Waals surface area contributed by atoms with Gasteiger partial charge in [-0.2, -0.15) is 4.98 Å². The van der Waals surface area contributed by atoms with Gasteiger partial charge >= 0.3 is 0 Å². The van der Waals surface area contributed by atoms with Crippen LogP contribution in [0, 0.1) is 11.8 Å². The minimum Gasteiger partial charge on any atom is -0.370 e. The quantitative estimate of drug-likeness (QED) is 0.785. The summed E-state index contributed by atoms with van der Waals surface area (Å²) >= 11 is 0. The summed E-state index contributed by atoms with van der Waals surface area (Å²) in [7, 11) is 0. The number of hydrogen-bond donors (Lipinski definition) is 1. The highest BCUT2D eigenvalue weighted by atomic mass is 16.5. The standard InChI is InChI=1S/C14H27N3O2/c1-6-18-12(10(4)5)13-16-14(19-17-13)11(8-15)7-9(2)3/h9-12H,6-8,15H2,1-5H3. The third-order valence-corrected chi connectivity index (χ3v) is 3.05. The van der Waals surface area contributed by atoms with Crippen LogP contribution in [0.1, 0.15) is 64.8 Å². The van der Waals surface area contributed by atoms with E-state index in [1.54, 1.807) is 0 Å². The second-order valence-corrected chi connectivity index (χ2v) is 5.67. The molecule has 0 saturated heterocycles. The van der Waals surface area contributed by atoms with Gasteiger partial charge in [0.2, 0.25) is 11.7 Å². The molecule has 0 radical (unpaired) electrons. The van der Waals surface area contributed by atoms with Crippen LogP contribution in [0.25, 0.3) is 0 Å².